The van der Waals surface area contributed by atoms with Gasteiger partial charge in [-0.3, -0.25) is 4.79 Å². The van der Waals surface area contributed by atoms with Gasteiger partial charge in [0.2, 0.25) is 0 Å². The van der Waals surface area contributed by atoms with Crippen molar-refractivity contribution in [1.82, 2.24) is 5.32 Å². The first-order valence-electron chi connectivity index (χ1n) is 5.60. The van der Waals surface area contributed by atoms with Gasteiger partial charge in [0.1, 0.15) is 5.75 Å². The van der Waals surface area contributed by atoms with Crippen LogP contribution in [0.4, 0.5) is 0 Å². The van der Waals surface area contributed by atoms with Gasteiger partial charge in [0.15, 0.2) is 0 Å². The molecule has 88 valence electrons. The summed E-state index contributed by atoms with van der Waals surface area (Å²) < 4.78 is 5.61. The summed E-state index contributed by atoms with van der Waals surface area (Å²) in [6.45, 7) is 8.46. The largest absolute Gasteiger partial charge is 0.491 e. The topological polar surface area (TPSA) is 38.3 Å². The van der Waals surface area contributed by atoms with E-state index in [0.29, 0.717) is 12.1 Å². The Morgan fingerprint density at radius 2 is 2.12 bits per heavy atom. The molecule has 16 heavy (non-hydrogen) atoms. The lowest BCUT2D eigenvalue weighted by molar-refractivity contribution is 0.0955. The first-order chi connectivity index (χ1) is 7.54. The molecular formula is C13H19NO2. The molecule has 0 heterocycles. The minimum absolute atomic E-state index is 0.0401. The molecular weight excluding hydrogens is 202 g/mol. The second kappa shape index (κ2) is 5.54. The van der Waals surface area contributed by atoms with E-state index in [9.17, 15) is 4.79 Å². The molecule has 3 heteroatoms. The van der Waals surface area contributed by atoms with Crippen molar-refractivity contribution in [1.29, 1.82) is 0 Å². The molecule has 0 radical (unpaired) electrons. The minimum atomic E-state index is -0.0401. The molecule has 1 aromatic carbocycles. The number of hydrogen-bond acceptors (Lipinski definition) is 2. The maximum Gasteiger partial charge on any atom is 0.251 e. The predicted molar refractivity (Wildman–Crippen MR) is 65.0 cm³/mol. The van der Waals surface area contributed by atoms with Crippen LogP contribution in [0.2, 0.25) is 0 Å². The molecule has 0 saturated carbocycles. The average molecular weight is 221 g/mol. The van der Waals surface area contributed by atoms with Gasteiger partial charge in [-0.1, -0.05) is 0 Å². The Morgan fingerprint density at radius 1 is 1.44 bits per heavy atom. The van der Waals surface area contributed by atoms with Gasteiger partial charge in [-0.15, -0.1) is 0 Å². The third-order valence-corrected chi connectivity index (χ3v) is 2.14. The molecule has 0 spiro atoms. The van der Waals surface area contributed by atoms with Crippen molar-refractivity contribution in [2.45, 2.75) is 33.8 Å². The molecule has 0 atom stereocenters. The summed E-state index contributed by atoms with van der Waals surface area (Å²) in [6.07, 6.45) is 0.147. The van der Waals surface area contributed by atoms with Gasteiger partial charge in [0.05, 0.1) is 6.10 Å². The van der Waals surface area contributed by atoms with Crippen molar-refractivity contribution in [3.8, 4) is 5.75 Å². The molecule has 0 aliphatic rings. The van der Waals surface area contributed by atoms with Gasteiger partial charge in [0.25, 0.3) is 5.91 Å². The maximum absolute atomic E-state index is 11.6. The second-order valence-electron chi connectivity index (χ2n) is 4.01. The minimum Gasteiger partial charge on any atom is -0.491 e. The fourth-order valence-corrected chi connectivity index (χ4v) is 1.44. The molecule has 1 N–H and O–H groups in total. The van der Waals surface area contributed by atoms with Gasteiger partial charge < -0.3 is 10.1 Å². The Hall–Kier alpha value is -1.51. The Kier molecular flexibility index (Phi) is 4.35. The molecule has 0 unspecified atom stereocenters. The van der Waals surface area contributed by atoms with E-state index in [-0.39, 0.29) is 12.0 Å². The van der Waals surface area contributed by atoms with Crippen LogP contribution in [0, 0.1) is 6.92 Å². The van der Waals surface area contributed by atoms with Gasteiger partial charge in [-0.05, 0) is 51.5 Å². The number of nitrogens with one attached hydrogen (secondary N) is 1. The van der Waals surface area contributed by atoms with Crippen molar-refractivity contribution in [3.05, 3.63) is 29.3 Å². The zero-order valence-corrected chi connectivity index (χ0v) is 10.3. The van der Waals surface area contributed by atoms with Gasteiger partial charge in [0, 0.05) is 12.1 Å². The van der Waals surface area contributed by atoms with Gasteiger partial charge in [-0.2, -0.15) is 0 Å². The van der Waals surface area contributed by atoms with Gasteiger partial charge >= 0.3 is 0 Å². The summed E-state index contributed by atoms with van der Waals surface area (Å²) in [7, 11) is 0. The van der Waals surface area contributed by atoms with Crippen LogP contribution in [-0.2, 0) is 0 Å². The van der Waals surface area contributed by atoms with E-state index < -0.39 is 0 Å². The van der Waals surface area contributed by atoms with Crippen molar-refractivity contribution in [2.24, 2.45) is 0 Å². The second-order valence-corrected chi connectivity index (χ2v) is 4.01. The van der Waals surface area contributed by atoms with Crippen LogP contribution in [0.5, 0.6) is 5.75 Å². The highest BCUT2D eigenvalue weighted by Crippen LogP contribution is 2.20. The molecule has 0 aliphatic heterocycles. The monoisotopic (exact) mass is 221 g/mol. The molecule has 0 saturated heterocycles. The van der Waals surface area contributed by atoms with E-state index in [1.165, 1.54) is 0 Å². The summed E-state index contributed by atoms with van der Waals surface area (Å²) in [5.41, 5.74) is 1.66. The van der Waals surface area contributed by atoms with Crippen molar-refractivity contribution in [3.63, 3.8) is 0 Å². The number of carbonyl (C=O) groups is 1. The lowest BCUT2D eigenvalue weighted by Crippen LogP contribution is -2.22. The third kappa shape index (κ3) is 3.26. The smallest absolute Gasteiger partial charge is 0.251 e. The van der Waals surface area contributed by atoms with E-state index in [0.717, 1.165) is 11.3 Å². The van der Waals surface area contributed by atoms with Crippen molar-refractivity contribution in [2.75, 3.05) is 6.54 Å². The standard InChI is InChI=1S/C13H19NO2/c1-5-14-13(15)11-6-7-12(10(4)8-11)16-9(2)3/h6-9H,5H2,1-4H3,(H,14,15). The van der Waals surface area contributed by atoms with Crippen molar-refractivity contribution < 1.29 is 9.53 Å². The van der Waals surface area contributed by atoms with Crippen LogP contribution in [0.25, 0.3) is 0 Å². The predicted octanol–water partition coefficient (Wildman–Crippen LogP) is 2.53. The van der Waals surface area contributed by atoms with Crippen LogP contribution >= 0.6 is 0 Å². The van der Waals surface area contributed by atoms with Gasteiger partial charge in [-0.25, -0.2) is 0 Å². The van der Waals surface area contributed by atoms with E-state index in [2.05, 4.69) is 5.32 Å². The first kappa shape index (κ1) is 12.6. The van der Waals surface area contributed by atoms with Crippen LogP contribution < -0.4 is 10.1 Å². The number of carbonyl (C=O) groups excluding carboxylic acids is 1. The maximum atomic E-state index is 11.6. The molecule has 0 aliphatic carbocycles. The molecule has 3 nitrogen and oxygen atoms in total. The fraction of sp³-hybridized carbons (Fsp3) is 0.462. The third-order valence-electron chi connectivity index (χ3n) is 2.14. The lowest BCUT2D eigenvalue weighted by atomic mass is 10.1. The molecule has 0 aromatic heterocycles. The lowest BCUT2D eigenvalue weighted by Gasteiger charge is -2.13. The fourth-order valence-electron chi connectivity index (χ4n) is 1.44. The SMILES string of the molecule is CCNC(=O)c1ccc(OC(C)C)c(C)c1. The highest BCUT2D eigenvalue weighted by atomic mass is 16.5. The molecule has 0 fully saturated rings. The van der Waals surface area contributed by atoms with E-state index in [1.54, 1.807) is 6.07 Å². The molecule has 0 bridgehead atoms. The van der Waals surface area contributed by atoms with Crippen LogP contribution in [0.15, 0.2) is 18.2 Å². The Bertz CT molecular complexity index is 372. The van der Waals surface area contributed by atoms with E-state index >= 15 is 0 Å². The van der Waals surface area contributed by atoms with E-state index in [1.807, 2.05) is 39.8 Å². The summed E-state index contributed by atoms with van der Waals surface area (Å²) in [5.74, 6) is 0.796. The number of hydrogen-bond donors (Lipinski definition) is 1. The Morgan fingerprint density at radius 3 is 2.62 bits per heavy atom. The number of ether oxygens (including phenoxy) is 1. The zero-order valence-electron chi connectivity index (χ0n) is 10.3. The zero-order chi connectivity index (χ0) is 12.1. The van der Waals surface area contributed by atoms with E-state index in [4.69, 9.17) is 4.74 Å². The summed E-state index contributed by atoms with van der Waals surface area (Å²) in [4.78, 5) is 11.6. The highest BCUT2D eigenvalue weighted by Gasteiger charge is 2.07. The number of benzene rings is 1. The molecule has 1 rings (SSSR count). The number of rotatable bonds is 4. The van der Waals surface area contributed by atoms with Crippen molar-refractivity contribution >= 4 is 5.91 Å². The average Bonchev–Trinajstić information content (AvgIpc) is 2.20. The highest BCUT2D eigenvalue weighted by molar-refractivity contribution is 5.94. The Labute approximate surface area is 96.8 Å². The van der Waals surface area contributed by atoms with Crippen LogP contribution in [0.3, 0.4) is 0 Å². The van der Waals surface area contributed by atoms with Crippen LogP contribution in [0.1, 0.15) is 36.7 Å². The van der Waals surface area contributed by atoms with Crippen LogP contribution in [-0.4, -0.2) is 18.6 Å². The molecule has 1 aromatic rings. The number of amides is 1. The normalized spacial score (nSPS) is 10.3. The Balaban J connectivity index is 2.86. The first-order valence-corrected chi connectivity index (χ1v) is 5.60. The quantitative estimate of drug-likeness (QED) is 0.848. The summed E-state index contributed by atoms with van der Waals surface area (Å²) in [5, 5.41) is 2.77. The molecule has 1 amide bonds. The number of aryl methyl sites for hydroxylation is 1. The summed E-state index contributed by atoms with van der Waals surface area (Å²) in [6, 6.07) is 5.48. The summed E-state index contributed by atoms with van der Waals surface area (Å²) >= 11 is 0.